The van der Waals surface area contributed by atoms with Crippen molar-refractivity contribution in [2.45, 2.75) is 6.04 Å². The second-order valence-corrected chi connectivity index (χ2v) is 5.76. The van der Waals surface area contributed by atoms with Gasteiger partial charge in [-0.2, -0.15) is 5.26 Å². The van der Waals surface area contributed by atoms with Crippen LogP contribution in [0, 0.1) is 11.3 Å². The lowest BCUT2D eigenvalue weighted by Crippen LogP contribution is -2.31. The van der Waals surface area contributed by atoms with E-state index in [1.165, 1.54) is 36.1 Å². The van der Waals surface area contributed by atoms with Gasteiger partial charge in [0.05, 0.1) is 31.1 Å². The molecular weight excluding hydrogens is 310 g/mol. The van der Waals surface area contributed by atoms with Crippen molar-refractivity contribution in [3.63, 3.8) is 0 Å². The van der Waals surface area contributed by atoms with Gasteiger partial charge in [-0.15, -0.1) is 0 Å². The summed E-state index contributed by atoms with van der Waals surface area (Å²) in [7, 11) is 3.21. The maximum atomic E-state index is 12.8. The minimum atomic E-state index is -0.186. The number of nitriles is 1. The number of amidine groups is 1. The Bertz CT molecular complexity index is 690. The van der Waals surface area contributed by atoms with Crippen molar-refractivity contribution in [3.05, 3.63) is 54.3 Å². The van der Waals surface area contributed by atoms with Gasteiger partial charge in [-0.05, 0) is 11.6 Å². The third-order valence-electron chi connectivity index (χ3n) is 3.19. The van der Waals surface area contributed by atoms with Crippen molar-refractivity contribution in [2.24, 2.45) is 4.99 Å². The number of thioether (sulfide) groups is 1. The largest absolute Gasteiger partial charge is 0.504 e. The Morgan fingerprint density at radius 3 is 2.87 bits per heavy atom. The van der Waals surface area contributed by atoms with Crippen LogP contribution >= 0.6 is 11.8 Å². The van der Waals surface area contributed by atoms with Gasteiger partial charge in [0.15, 0.2) is 5.17 Å². The Labute approximate surface area is 140 Å². The molecule has 0 bridgehead atoms. The van der Waals surface area contributed by atoms with Crippen LogP contribution in [-0.4, -0.2) is 41.9 Å². The van der Waals surface area contributed by atoms with Gasteiger partial charge < -0.3 is 4.74 Å². The highest BCUT2D eigenvalue weighted by Gasteiger charge is 2.25. The number of methoxy groups -OCH3 is 1. The van der Waals surface area contributed by atoms with E-state index in [2.05, 4.69) is 4.99 Å². The molecule has 118 valence electrons. The normalized spacial score (nSPS) is 17.7. The van der Waals surface area contributed by atoms with Crippen molar-refractivity contribution in [1.82, 2.24) is 4.90 Å². The van der Waals surface area contributed by atoms with E-state index in [-0.39, 0.29) is 11.9 Å². The van der Waals surface area contributed by atoms with Crippen LogP contribution in [0.3, 0.4) is 0 Å². The first-order valence-electron chi connectivity index (χ1n) is 7.00. The van der Waals surface area contributed by atoms with Gasteiger partial charge in [0.25, 0.3) is 5.91 Å². The number of hydrogen-bond donors (Lipinski definition) is 0. The molecule has 2 rings (SSSR count). The van der Waals surface area contributed by atoms with E-state index in [1.807, 2.05) is 36.4 Å². The standard InChI is InChI=1S/C17H17N3O2S/c1-20(17-19-14(12-23-17)9-6-10-18)16(21)15(11-22-2)13-7-4-3-5-8-13/h3-9,11,14H,12H2,1-2H3/b9-6+,15-11+. The summed E-state index contributed by atoms with van der Waals surface area (Å²) in [5, 5.41) is 9.21. The molecule has 1 heterocycles. The number of allylic oxidation sites excluding steroid dienone is 1. The van der Waals surface area contributed by atoms with E-state index in [4.69, 9.17) is 10.00 Å². The van der Waals surface area contributed by atoms with E-state index in [9.17, 15) is 4.79 Å². The molecule has 5 nitrogen and oxygen atoms in total. The van der Waals surface area contributed by atoms with Crippen LogP contribution < -0.4 is 0 Å². The molecular formula is C17H17N3O2S. The molecule has 0 fully saturated rings. The third-order valence-corrected chi connectivity index (χ3v) is 4.34. The van der Waals surface area contributed by atoms with Crippen LogP contribution in [-0.2, 0) is 9.53 Å². The Hall–Kier alpha value is -2.52. The van der Waals surface area contributed by atoms with Gasteiger partial charge in [-0.25, -0.2) is 0 Å². The molecule has 0 spiro atoms. The second kappa shape index (κ2) is 8.20. The van der Waals surface area contributed by atoms with Gasteiger partial charge in [0.1, 0.15) is 0 Å². The summed E-state index contributed by atoms with van der Waals surface area (Å²) < 4.78 is 5.06. The topological polar surface area (TPSA) is 65.7 Å². The predicted molar refractivity (Wildman–Crippen MR) is 92.6 cm³/mol. The lowest BCUT2D eigenvalue weighted by molar-refractivity contribution is -0.120. The highest BCUT2D eigenvalue weighted by molar-refractivity contribution is 8.14. The van der Waals surface area contributed by atoms with E-state index < -0.39 is 0 Å². The quantitative estimate of drug-likeness (QED) is 0.484. The second-order valence-electron chi connectivity index (χ2n) is 4.78. The van der Waals surface area contributed by atoms with Gasteiger partial charge in [-0.1, -0.05) is 42.1 Å². The molecule has 0 N–H and O–H groups in total. The van der Waals surface area contributed by atoms with E-state index in [0.717, 1.165) is 11.3 Å². The molecule has 0 saturated carbocycles. The number of ether oxygens (including phenoxy) is 1. The predicted octanol–water partition coefficient (Wildman–Crippen LogP) is 2.68. The summed E-state index contributed by atoms with van der Waals surface area (Å²) in [6, 6.07) is 11.2. The molecule has 1 unspecified atom stereocenters. The lowest BCUT2D eigenvalue weighted by atomic mass is 10.1. The van der Waals surface area contributed by atoms with Crippen LogP contribution in [0.4, 0.5) is 0 Å². The van der Waals surface area contributed by atoms with E-state index in [0.29, 0.717) is 10.7 Å². The maximum Gasteiger partial charge on any atom is 0.263 e. The number of benzene rings is 1. The molecule has 1 amide bonds. The number of rotatable bonds is 4. The number of nitrogens with zero attached hydrogens (tertiary/aromatic N) is 3. The average Bonchev–Trinajstić information content (AvgIpc) is 3.06. The first-order valence-corrected chi connectivity index (χ1v) is 7.99. The molecule has 0 aromatic heterocycles. The van der Waals surface area contributed by atoms with Gasteiger partial charge in [0, 0.05) is 18.9 Å². The van der Waals surface area contributed by atoms with Crippen LogP contribution in [0.1, 0.15) is 5.56 Å². The molecule has 1 aromatic carbocycles. The minimum Gasteiger partial charge on any atom is -0.504 e. The number of likely N-dealkylation sites (N-methyl/N-ethyl adjacent to an activating group) is 1. The molecule has 1 aromatic rings. The summed E-state index contributed by atoms with van der Waals surface area (Å²) in [6.07, 6.45) is 4.60. The molecule has 1 aliphatic rings. The fraction of sp³-hybridized carbons (Fsp3) is 0.235. The third kappa shape index (κ3) is 4.24. The van der Waals surface area contributed by atoms with Crippen molar-refractivity contribution in [3.8, 4) is 6.07 Å². The molecule has 0 radical (unpaired) electrons. The van der Waals surface area contributed by atoms with Crippen LogP contribution in [0.15, 0.2) is 53.7 Å². The summed E-state index contributed by atoms with van der Waals surface area (Å²) in [6.45, 7) is 0. The molecule has 0 saturated heterocycles. The first-order chi connectivity index (χ1) is 11.2. The molecule has 6 heteroatoms. The zero-order valence-corrected chi connectivity index (χ0v) is 13.8. The number of amides is 1. The van der Waals surface area contributed by atoms with Crippen LogP contribution in [0.2, 0.25) is 0 Å². The Morgan fingerprint density at radius 1 is 1.48 bits per heavy atom. The SMILES string of the molecule is CO/C=C(/C(=O)N(C)C1=NC(/C=C/C#N)CS1)c1ccccc1. The van der Waals surface area contributed by atoms with Crippen molar-refractivity contribution in [2.75, 3.05) is 19.9 Å². The summed E-state index contributed by atoms with van der Waals surface area (Å²) in [5.74, 6) is 0.536. The average molecular weight is 327 g/mol. The Kier molecular flexibility index (Phi) is 6.01. The van der Waals surface area contributed by atoms with Gasteiger partial charge in [-0.3, -0.25) is 14.7 Å². The summed E-state index contributed by atoms with van der Waals surface area (Å²) in [5.41, 5.74) is 1.26. The molecule has 23 heavy (non-hydrogen) atoms. The van der Waals surface area contributed by atoms with Crippen molar-refractivity contribution >= 4 is 28.4 Å². The molecule has 1 aliphatic heterocycles. The fourth-order valence-corrected chi connectivity index (χ4v) is 3.05. The maximum absolute atomic E-state index is 12.8. The highest BCUT2D eigenvalue weighted by atomic mass is 32.2. The van der Waals surface area contributed by atoms with Crippen LogP contribution in [0.5, 0.6) is 0 Å². The summed E-state index contributed by atoms with van der Waals surface area (Å²) in [4.78, 5) is 18.7. The number of carbonyl (C=O) groups is 1. The Balaban J connectivity index is 2.20. The number of aliphatic imine (C=N–C) groups is 1. The zero-order chi connectivity index (χ0) is 16.7. The zero-order valence-electron chi connectivity index (χ0n) is 13.0. The highest BCUT2D eigenvalue weighted by Crippen LogP contribution is 2.24. The first kappa shape index (κ1) is 16.8. The van der Waals surface area contributed by atoms with Gasteiger partial charge in [0.2, 0.25) is 0 Å². The Morgan fingerprint density at radius 2 is 2.22 bits per heavy atom. The summed E-state index contributed by atoms with van der Waals surface area (Å²) >= 11 is 1.49. The number of hydrogen-bond acceptors (Lipinski definition) is 5. The van der Waals surface area contributed by atoms with E-state index >= 15 is 0 Å². The van der Waals surface area contributed by atoms with E-state index in [1.54, 1.807) is 13.1 Å². The minimum absolute atomic E-state index is 0.0727. The smallest absolute Gasteiger partial charge is 0.263 e. The van der Waals surface area contributed by atoms with Gasteiger partial charge >= 0.3 is 0 Å². The monoisotopic (exact) mass is 327 g/mol. The van der Waals surface area contributed by atoms with Crippen molar-refractivity contribution in [1.29, 1.82) is 5.26 Å². The van der Waals surface area contributed by atoms with Crippen molar-refractivity contribution < 1.29 is 9.53 Å². The number of carbonyl (C=O) groups excluding carboxylic acids is 1. The lowest BCUT2D eigenvalue weighted by Gasteiger charge is -2.18. The molecule has 0 aliphatic carbocycles. The fourth-order valence-electron chi connectivity index (χ4n) is 2.06. The van der Waals surface area contributed by atoms with Crippen LogP contribution in [0.25, 0.3) is 5.57 Å². The molecule has 1 atom stereocenters.